The Hall–Kier alpha value is -0.530. The highest BCUT2D eigenvalue weighted by Gasteiger charge is 2.48. The first-order chi connectivity index (χ1) is 4.45. The standard InChI is InChI=1S/C8H16N2/c1-8(2)5-6(8)7(9)10(3)4/h6,9H,5H2,1-4H3. The third-order valence-corrected chi connectivity index (χ3v) is 2.33. The summed E-state index contributed by atoms with van der Waals surface area (Å²) in [6, 6.07) is 0. The maximum absolute atomic E-state index is 7.64. The van der Waals surface area contributed by atoms with Crippen molar-refractivity contribution in [1.29, 1.82) is 5.41 Å². The van der Waals surface area contributed by atoms with E-state index in [0.29, 0.717) is 11.3 Å². The summed E-state index contributed by atoms with van der Waals surface area (Å²) in [4.78, 5) is 1.90. The van der Waals surface area contributed by atoms with E-state index in [1.54, 1.807) is 0 Å². The summed E-state index contributed by atoms with van der Waals surface area (Å²) in [5, 5.41) is 7.64. The molecule has 10 heavy (non-hydrogen) atoms. The van der Waals surface area contributed by atoms with Crippen LogP contribution in [0.3, 0.4) is 0 Å². The number of hydrogen-bond donors (Lipinski definition) is 1. The predicted molar refractivity (Wildman–Crippen MR) is 43.3 cm³/mol. The lowest BCUT2D eigenvalue weighted by Gasteiger charge is -2.14. The maximum Gasteiger partial charge on any atom is 0.0989 e. The van der Waals surface area contributed by atoms with Gasteiger partial charge in [0.2, 0.25) is 0 Å². The van der Waals surface area contributed by atoms with Gasteiger partial charge in [0.25, 0.3) is 0 Å². The first-order valence-corrected chi connectivity index (χ1v) is 3.71. The molecule has 1 aliphatic carbocycles. The van der Waals surface area contributed by atoms with E-state index >= 15 is 0 Å². The quantitative estimate of drug-likeness (QED) is 0.434. The molecule has 0 heterocycles. The Labute approximate surface area is 62.7 Å². The van der Waals surface area contributed by atoms with Gasteiger partial charge in [-0.2, -0.15) is 0 Å². The molecule has 0 aromatic heterocycles. The summed E-state index contributed by atoms with van der Waals surface area (Å²) in [6.07, 6.45) is 1.18. The summed E-state index contributed by atoms with van der Waals surface area (Å²) in [7, 11) is 3.88. The lowest BCUT2D eigenvalue weighted by molar-refractivity contribution is 0.549. The second-order valence-corrected chi connectivity index (χ2v) is 4.02. The Morgan fingerprint density at radius 1 is 1.50 bits per heavy atom. The second kappa shape index (κ2) is 1.97. The number of nitrogens with zero attached hydrogens (tertiary/aromatic N) is 1. The third kappa shape index (κ3) is 1.15. The molecule has 1 fully saturated rings. The van der Waals surface area contributed by atoms with E-state index in [0.717, 1.165) is 5.84 Å². The van der Waals surface area contributed by atoms with Crippen LogP contribution in [-0.2, 0) is 0 Å². The molecular formula is C8H16N2. The summed E-state index contributed by atoms with van der Waals surface area (Å²) < 4.78 is 0. The molecule has 0 radical (unpaired) electrons. The molecule has 2 nitrogen and oxygen atoms in total. The van der Waals surface area contributed by atoms with Crippen LogP contribution < -0.4 is 0 Å². The average molecular weight is 140 g/mol. The normalized spacial score (nSPS) is 27.8. The van der Waals surface area contributed by atoms with Crippen molar-refractivity contribution in [2.24, 2.45) is 11.3 Å². The minimum Gasteiger partial charge on any atom is -0.366 e. The molecule has 58 valence electrons. The number of rotatable bonds is 1. The Balaban J connectivity index is 2.48. The van der Waals surface area contributed by atoms with Crippen molar-refractivity contribution in [3.8, 4) is 0 Å². The van der Waals surface area contributed by atoms with Gasteiger partial charge >= 0.3 is 0 Å². The van der Waals surface area contributed by atoms with Gasteiger partial charge in [0, 0.05) is 20.0 Å². The molecular weight excluding hydrogens is 124 g/mol. The first-order valence-electron chi connectivity index (χ1n) is 3.71. The van der Waals surface area contributed by atoms with E-state index < -0.39 is 0 Å². The SMILES string of the molecule is CN(C)C(=N)C1CC1(C)C. The van der Waals surface area contributed by atoms with Gasteiger partial charge in [-0.1, -0.05) is 13.8 Å². The minimum absolute atomic E-state index is 0.404. The monoisotopic (exact) mass is 140 g/mol. The van der Waals surface area contributed by atoms with Crippen molar-refractivity contribution in [2.75, 3.05) is 14.1 Å². The van der Waals surface area contributed by atoms with Gasteiger partial charge in [-0.3, -0.25) is 5.41 Å². The van der Waals surface area contributed by atoms with E-state index in [-0.39, 0.29) is 0 Å². The number of hydrogen-bond acceptors (Lipinski definition) is 1. The fourth-order valence-corrected chi connectivity index (χ4v) is 1.25. The van der Waals surface area contributed by atoms with Gasteiger partial charge in [-0.25, -0.2) is 0 Å². The summed E-state index contributed by atoms with van der Waals surface area (Å²) in [5.74, 6) is 1.30. The van der Waals surface area contributed by atoms with Crippen LogP contribution in [-0.4, -0.2) is 24.8 Å². The van der Waals surface area contributed by atoms with Crippen LogP contribution in [0, 0.1) is 16.7 Å². The Kier molecular flexibility index (Phi) is 1.50. The van der Waals surface area contributed by atoms with Gasteiger partial charge in [0.15, 0.2) is 0 Å². The zero-order chi connectivity index (χ0) is 7.94. The lowest BCUT2D eigenvalue weighted by Crippen LogP contribution is -2.24. The Bertz CT molecular complexity index is 159. The van der Waals surface area contributed by atoms with Gasteiger partial charge in [-0.05, 0) is 11.8 Å². The van der Waals surface area contributed by atoms with E-state index in [1.807, 2.05) is 19.0 Å². The van der Waals surface area contributed by atoms with Crippen LogP contribution in [0.2, 0.25) is 0 Å². The average Bonchev–Trinajstić information content (AvgIpc) is 2.38. The molecule has 2 heteroatoms. The minimum atomic E-state index is 0.404. The molecule has 1 N–H and O–H groups in total. The van der Waals surface area contributed by atoms with E-state index in [2.05, 4.69) is 13.8 Å². The molecule has 0 aliphatic heterocycles. The van der Waals surface area contributed by atoms with Gasteiger partial charge in [-0.15, -0.1) is 0 Å². The summed E-state index contributed by atoms with van der Waals surface area (Å²) in [5.41, 5.74) is 0.404. The lowest BCUT2D eigenvalue weighted by atomic mass is 10.1. The molecule has 0 aromatic carbocycles. The maximum atomic E-state index is 7.64. The second-order valence-electron chi connectivity index (χ2n) is 4.02. The van der Waals surface area contributed by atoms with Gasteiger partial charge < -0.3 is 4.90 Å². The zero-order valence-corrected chi connectivity index (χ0v) is 7.23. The van der Waals surface area contributed by atoms with Crippen LogP contribution >= 0.6 is 0 Å². The van der Waals surface area contributed by atoms with Gasteiger partial charge in [0.05, 0.1) is 5.84 Å². The van der Waals surface area contributed by atoms with Crippen LogP contribution in [0.1, 0.15) is 20.3 Å². The Morgan fingerprint density at radius 3 is 2.00 bits per heavy atom. The Morgan fingerprint density at radius 2 is 1.90 bits per heavy atom. The molecule has 1 saturated carbocycles. The summed E-state index contributed by atoms with van der Waals surface area (Å²) in [6.45, 7) is 4.44. The van der Waals surface area contributed by atoms with E-state index in [4.69, 9.17) is 5.41 Å². The third-order valence-electron chi connectivity index (χ3n) is 2.33. The predicted octanol–water partition coefficient (Wildman–Crippen LogP) is 1.57. The van der Waals surface area contributed by atoms with Crippen molar-refractivity contribution in [1.82, 2.24) is 4.90 Å². The molecule has 1 unspecified atom stereocenters. The van der Waals surface area contributed by atoms with Gasteiger partial charge in [0.1, 0.15) is 0 Å². The van der Waals surface area contributed by atoms with Crippen molar-refractivity contribution in [3.63, 3.8) is 0 Å². The molecule has 0 saturated heterocycles. The molecule has 0 amide bonds. The van der Waals surface area contributed by atoms with E-state index in [1.165, 1.54) is 6.42 Å². The first kappa shape index (κ1) is 7.58. The van der Waals surface area contributed by atoms with Crippen LogP contribution in [0.4, 0.5) is 0 Å². The zero-order valence-electron chi connectivity index (χ0n) is 7.23. The van der Waals surface area contributed by atoms with Crippen LogP contribution in [0.25, 0.3) is 0 Å². The molecule has 0 bridgehead atoms. The van der Waals surface area contributed by atoms with E-state index in [9.17, 15) is 0 Å². The van der Waals surface area contributed by atoms with Crippen LogP contribution in [0.15, 0.2) is 0 Å². The fraction of sp³-hybridized carbons (Fsp3) is 0.875. The number of amidine groups is 1. The summed E-state index contributed by atoms with van der Waals surface area (Å²) >= 11 is 0. The highest BCUT2D eigenvalue weighted by Crippen LogP contribution is 2.52. The largest absolute Gasteiger partial charge is 0.366 e. The highest BCUT2D eigenvalue weighted by molar-refractivity contribution is 5.84. The molecule has 1 aliphatic rings. The highest BCUT2D eigenvalue weighted by atomic mass is 15.1. The van der Waals surface area contributed by atoms with Crippen LogP contribution in [0.5, 0.6) is 0 Å². The number of nitrogens with one attached hydrogen (secondary N) is 1. The smallest absolute Gasteiger partial charge is 0.0989 e. The molecule has 1 atom stereocenters. The van der Waals surface area contributed by atoms with Crippen molar-refractivity contribution >= 4 is 5.84 Å². The molecule has 0 aromatic rings. The molecule has 1 rings (SSSR count). The topological polar surface area (TPSA) is 27.1 Å². The van der Waals surface area contributed by atoms with Crippen molar-refractivity contribution < 1.29 is 0 Å². The van der Waals surface area contributed by atoms with Crippen molar-refractivity contribution in [2.45, 2.75) is 20.3 Å². The fourth-order valence-electron chi connectivity index (χ4n) is 1.25. The van der Waals surface area contributed by atoms with Crippen molar-refractivity contribution in [3.05, 3.63) is 0 Å². The molecule has 0 spiro atoms.